The summed E-state index contributed by atoms with van der Waals surface area (Å²) in [6.07, 6.45) is 21.7. The first-order chi connectivity index (χ1) is 9.74. The van der Waals surface area contributed by atoms with E-state index in [0.717, 1.165) is 11.8 Å². The number of hydrogen-bond donors (Lipinski definition) is 0. The summed E-state index contributed by atoms with van der Waals surface area (Å²) in [4.78, 5) is 0. The van der Waals surface area contributed by atoms with Gasteiger partial charge in [-0.15, -0.1) is 15.8 Å². The smallest absolute Gasteiger partial charge is 0.0289 e. The SMILES string of the molecule is C[P@@](CC[P@](C)CC1CCCCC1)CC1CCCCC1. The van der Waals surface area contributed by atoms with Crippen LogP contribution in [0.3, 0.4) is 0 Å². The Hall–Kier alpha value is 0.860. The van der Waals surface area contributed by atoms with Crippen molar-refractivity contribution < 1.29 is 0 Å². The Morgan fingerprint density at radius 3 is 1.30 bits per heavy atom. The van der Waals surface area contributed by atoms with Gasteiger partial charge in [-0.2, -0.15) is 0 Å². The average Bonchev–Trinajstić information content (AvgIpc) is 2.47. The summed E-state index contributed by atoms with van der Waals surface area (Å²) in [7, 11) is 0.714. The van der Waals surface area contributed by atoms with Crippen LogP contribution in [0.5, 0.6) is 0 Å². The van der Waals surface area contributed by atoms with Gasteiger partial charge in [0.2, 0.25) is 0 Å². The molecule has 0 aromatic carbocycles. The van der Waals surface area contributed by atoms with Crippen LogP contribution in [0.2, 0.25) is 0 Å². The molecular formula is C18H36P2. The predicted octanol–water partition coefficient (Wildman–Crippen LogP) is 6.37. The van der Waals surface area contributed by atoms with Gasteiger partial charge in [-0.05, 0) is 49.8 Å². The highest BCUT2D eigenvalue weighted by molar-refractivity contribution is 7.60. The second-order valence-electron chi connectivity index (χ2n) is 7.53. The molecule has 0 radical (unpaired) electrons. The first-order valence-electron chi connectivity index (χ1n) is 9.11. The van der Waals surface area contributed by atoms with Crippen LogP contribution >= 0.6 is 15.8 Å². The van der Waals surface area contributed by atoms with Gasteiger partial charge in [-0.1, -0.05) is 64.2 Å². The Kier molecular flexibility index (Phi) is 8.43. The van der Waals surface area contributed by atoms with Crippen LogP contribution in [0.15, 0.2) is 0 Å². The van der Waals surface area contributed by atoms with E-state index in [-0.39, 0.29) is 0 Å². The Bertz CT molecular complexity index is 216. The molecule has 2 fully saturated rings. The topological polar surface area (TPSA) is 0 Å². The van der Waals surface area contributed by atoms with Gasteiger partial charge < -0.3 is 0 Å². The summed E-state index contributed by atoms with van der Waals surface area (Å²) >= 11 is 0. The lowest BCUT2D eigenvalue weighted by Crippen LogP contribution is -2.12. The predicted molar refractivity (Wildman–Crippen MR) is 98.3 cm³/mol. The standard InChI is InChI=1S/C18H36P2/c1-19(15-17-9-5-3-6-10-17)13-14-20(2)16-18-11-7-4-8-12-18/h17-18H,3-16H2,1-2H3/t19-,20-/m0/s1. The molecule has 0 aromatic heterocycles. The maximum atomic E-state index is 2.59. The number of hydrogen-bond acceptors (Lipinski definition) is 0. The van der Waals surface area contributed by atoms with E-state index in [2.05, 4.69) is 13.3 Å². The van der Waals surface area contributed by atoms with Crippen molar-refractivity contribution in [2.24, 2.45) is 11.8 Å². The highest BCUT2D eigenvalue weighted by Crippen LogP contribution is 2.44. The van der Waals surface area contributed by atoms with Gasteiger partial charge in [0.25, 0.3) is 0 Å². The molecule has 0 spiro atoms. The van der Waals surface area contributed by atoms with Gasteiger partial charge in [0.15, 0.2) is 0 Å². The van der Waals surface area contributed by atoms with Gasteiger partial charge in [0.05, 0.1) is 0 Å². The zero-order valence-electron chi connectivity index (χ0n) is 13.9. The zero-order chi connectivity index (χ0) is 14.2. The van der Waals surface area contributed by atoms with Crippen molar-refractivity contribution in [3.63, 3.8) is 0 Å². The highest BCUT2D eigenvalue weighted by atomic mass is 31.1. The molecule has 0 aromatic rings. The first-order valence-corrected chi connectivity index (χ1v) is 13.4. The van der Waals surface area contributed by atoms with Gasteiger partial charge >= 0.3 is 0 Å². The molecule has 0 heterocycles. The van der Waals surface area contributed by atoms with Crippen LogP contribution in [0.1, 0.15) is 64.2 Å². The largest absolute Gasteiger partial charge is 0.109 e. The molecule has 2 saturated carbocycles. The molecule has 2 atom stereocenters. The molecule has 2 aliphatic rings. The molecule has 2 rings (SSSR count). The monoisotopic (exact) mass is 314 g/mol. The third-order valence-corrected chi connectivity index (χ3v) is 10.1. The summed E-state index contributed by atoms with van der Waals surface area (Å²) in [5, 5.41) is 0. The van der Waals surface area contributed by atoms with Crippen molar-refractivity contribution in [1.82, 2.24) is 0 Å². The van der Waals surface area contributed by atoms with E-state index < -0.39 is 0 Å². The summed E-state index contributed by atoms with van der Waals surface area (Å²) in [5.74, 6) is 2.22. The molecule has 2 heteroatoms. The van der Waals surface area contributed by atoms with Crippen LogP contribution < -0.4 is 0 Å². The van der Waals surface area contributed by atoms with Gasteiger partial charge in [-0.25, -0.2) is 0 Å². The molecule has 0 bridgehead atoms. The zero-order valence-corrected chi connectivity index (χ0v) is 15.7. The molecule has 20 heavy (non-hydrogen) atoms. The van der Waals surface area contributed by atoms with Crippen LogP contribution in [-0.2, 0) is 0 Å². The molecule has 0 aliphatic heterocycles. The van der Waals surface area contributed by atoms with Gasteiger partial charge in [0.1, 0.15) is 0 Å². The minimum absolute atomic E-state index is 0.357. The van der Waals surface area contributed by atoms with E-state index >= 15 is 0 Å². The summed E-state index contributed by atoms with van der Waals surface area (Å²) in [5.41, 5.74) is 0. The van der Waals surface area contributed by atoms with E-state index in [1.807, 2.05) is 0 Å². The lowest BCUT2D eigenvalue weighted by Gasteiger charge is -2.27. The highest BCUT2D eigenvalue weighted by Gasteiger charge is 2.18. The fourth-order valence-corrected chi connectivity index (χ4v) is 9.73. The van der Waals surface area contributed by atoms with Crippen molar-refractivity contribution in [1.29, 1.82) is 0 Å². The summed E-state index contributed by atoms with van der Waals surface area (Å²) in [6.45, 7) is 5.18. The summed E-state index contributed by atoms with van der Waals surface area (Å²) in [6, 6.07) is 0. The normalized spacial score (nSPS) is 25.5. The van der Waals surface area contributed by atoms with E-state index in [1.54, 1.807) is 50.3 Å². The van der Waals surface area contributed by atoms with Crippen molar-refractivity contribution >= 4 is 15.8 Å². The molecule has 0 saturated heterocycles. The maximum Gasteiger partial charge on any atom is -0.0289 e. The van der Waals surface area contributed by atoms with Gasteiger partial charge in [0, 0.05) is 0 Å². The van der Waals surface area contributed by atoms with Crippen molar-refractivity contribution in [2.75, 3.05) is 38.0 Å². The lowest BCUT2D eigenvalue weighted by molar-refractivity contribution is 0.389. The van der Waals surface area contributed by atoms with Crippen LogP contribution in [-0.4, -0.2) is 38.0 Å². The van der Waals surface area contributed by atoms with E-state index in [0.29, 0.717) is 15.8 Å². The molecule has 0 N–H and O–H groups in total. The third kappa shape index (κ3) is 6.75. The fourth-order valence-electron chi connectivity index (χ4n) is 4.14. The van der Waals surface area contributed by atoms with E-state index in [9.17, 15) is 0 Å². The minimum Gasteiger partial charge on any atom is -0.109 e. The average molecular weight is 314 g/mol. The molecular weight excluding hydrogens is 278 g/mol. The Morgan fingerprint density at radius 2 is 0.950 bits per heavy atom. The van der Waals surface area contributed by atoms with E-state index in [1.165, 1.54) is 38.5 Å². The van der Waals surface area contributed by atoms with Crippen LogP contribution in [0.4, 0.5) is 0 Å². The van der Waals surface area contributed by atoms with E-state index in [4.69, 9.17) is 0 Å². The molecule has 2 aliphatic carbocycles. The minimum atomic E-state index is 0.357. The van der Waals surface area contributed by atoms with Crippen molar-refractivity contribution in [2.45, 2.75) is 64.2 Å². The molecule has 0 unspecified atom stereocenters. The number of rotatable bonds is 7. The first kappa shape index (κ1) is 17.2. The van der Waals surface area contributed by atoms with Gasteiger partial charge in [-0.3, -0.25) is 0 Å². The Balaban J connectivity index is 1.55. The van der Waals surface area contributed by atoms with Crippen molar-refractivity contribution in [3.05, 3.63) is 0 Å². The molecule has 118 valence electrons. The fraction of sp³-hybridized carbons (Fsp3) is 1.00. The van der Waals surface area contributed by atoms with Crippen LogP contribution in [0.25, 0.3) is 0 Å². The maximum absolute atomic E-state index is 2.59. The molecule has 0 amide bonds. The lowest BCUT2D eigenvalue weighted by atomic mass is 9.91. The Labute approximate surface area is 130 Å². The summed E-state index contributed by atoms with van der Waals surface area (Å²) < 4.78 is 0. The van der Waals surface area contributed by atoms with Crippen molar-refractivity contribution in [3.8, 4) is 0 Å². The quantitative estimate of drug-likeness (QED) is 0.479. The third-order valence-electron chi connectivity index (χ3n) is 5.45. The molecule has 0 nitrogen and oxygen atoms in total. The Morgan fingerprint density at radius 1 is 0.600 bits per heavy atom. The second kappa shape index (κ2) is 9.79. The second-order valence-corrected chi connectivity index (χ2v) is 12.6. The van der Waals surface area contributed by atoms with Crippen LogP contribution in [0, 0.1) is 11.8 Å².